The molecule has 1 aliphatic rings. The Kier molecular flexibility index (Phi) is 1.96. The highest BCUT2D eigenvalue weighted by Crippen LogP contribution is 2.32. The lowest BCUT2D eigenvalue weighted by molar-refractivity contribution is 0.0974. The van der Waals surface area contributed by atoms with Crippen molar-refractivity contribution in [3.8, 4) is 0 Å². The summed E-state index contributed by atoms with van der Waals surface area (Å²) in [5.74, 6) is 0.278. The molecule has 2 aromatic rings. The van der Waals surface area contributed by atoms with Crippen LogP contribution in [0.5, 0.6) is 0 Å². The van der Waals surface area contributed by atoms with Crippen LogP contribution in [0.3, 0.4) is 0 Å². The van der Waals surface area contributed by atoms with E-state index in [9.17, 15) is 4.79 Å². The van der Waals surface area contributed by atoms with Crippen molar-refractivity contribution in [1.82, 2.24) is 4.98 Å². The molecule has 0 aliphatic heterocycles. The van der Waals surface area contributed by atoms with Crippen molar-refractivity contribution in [1.29, 1.82) is 0 Å². The van der Waals surface area contributed by atoms with Gasteiger partial charge < -0.3 is 4.98 Å². The SMILES string of the molecule is O=C1CCCc2[nH]c3c(Br)cccc3c21. The molecule has 1 aromatic carbocycles. The number of aryl methyl sites for hydroxylation is 1. The summed E-state index contributed by atoms with van der Waals surface area (Å²) >= 11 is 3.50. The molecule has 0 amide bonds. The number of rotatable bonds is 0. The Morgan fingerprint density at radius 3 is 3.00 bits per heavy atom. The molecule has 3 heteroatoms. The zero-order valence-corrected chi connectivity index (χ0v) is 9.73. The van der Waals surface area contributed by atoms with Gasteiger partial charge in [0.15, 0.2) is 5.78 Å². The number of nitrogens with one attached hydrogen (secondary N) is 1. The number of aromatic amines is 1. The molecule has 1 N–H and O–H groups in total. The van der Waals surface area contributed by atoms with E-state index >= 15 is 0 Å². The third kappa shape index (κ3) is 1.26. The highest BCUT2D eigenvalue weighted by Gasteiger charge is 2.22. The van der Waals surface area contributed by atoms with Crippen LogP contribution in [-0.2, 0) is 6.42 Å². The van der Waals surface area contributed by atoms with Crippen molar-refractivity contribution >= 4 is 32.6 Å². The highest BCUT2D eigenvalue weighted by atomic mass is 79.9. The minimum Gasteiger partial charge on any atom is -0.357 e. The number of benzene rings is 1. The van der Waals surface area contributed by atoms with Crippen LogP contribution in [-0.4, -0.2) is 10.8 Å². The van der Waals surface area contributed by atoms with E-state index in [-0.39, 0.29) is 5.78 Å². The summed E-state index contributed by atoms with van der Waals surface area (Å²) in [4.78, 5) is 15.2. The van der Waals surface area contributed by atoms with Crippen molar-refractivity contribution in [3.05, 3.63) is 33.9 Å². The Balaban J connectivity index is 2.41. The second-order valence-electron chi connectivity index (χ2n) is 3.92. The van der Waals surface area contributed by atoms with Crippen molar-refractivity contribution in [2.24, 2.45) is 0 Å². The van der Waals surface area contributed by atoms with E-state index in [0.29, 0.717) is 6.42 Å². The van der Waals surface area contributed by atoms with Gasteiger partial charge >= 0.3 is 0 Å². The van der Waals surface area contributed by atoms with E-state index in [1.807, 2.05) is 18.2 Å². The minimum atomic E-state index is 0.278. The summed E-state index contributed by atoms with van der Waals surface area (Å²) in [5, 5.41) is 1.06. The molecule has 3 rings (SSSR count). The molecule has 0 atom stereocenters. The number of halogens is 1. The molecule has 0 bridgehead atoms. The maximum absolute atomic E-state index is 11.8. The normalized spacial score (nSPS) is 15.7. The van der Waals surface area contributed by atoms with Crippen LogP contribution in [0.4, 0.5) is 0 Å². The fourth-order valence-corrected chi connectivity index (χ4v) is 2.76. The maximum atomic E-state index is 11.8. The Bertz CT molecular complexity index is 556. The minimum absolute atomic E-state index is 0.278. The molecular formula is C12H10BrNO. The second-order valence-corrected chi connectivity index (χ2v) is 4.77. The predicted octanol–water partition coefficient (Wildman–Crippen LogP) is 3.45. The number of aromatic nitrogens is 1. The number of hydrogen-bond donors (Lipinski definition) is 1. The lowest BCUT2D eigenvalue weighted by atomic mass is 9.94. The van der Waals surface area contributed by atoms with Gasteiger partial charge in [-0.05, 0) is 34.8 Å². The molecule has 76 valence electrons. The van der Waals surface area contributed by atoms with Gasteiger partial charge in [-0.25, -0.2) is 0 Å². The summed E-state index contributed by atoms with van der Waals surface area (Å²) in [6, 6.07) is 5.98. The number of carbonyl (C=O) groups excluding carboxylic acids is 1. The van der Waals surface area contributed by atoms with Gasteiger partial charge in [-0.2, -0.15) is 0 Å². The number of Topliss-reactive ketones (excluding diaryl/α,β-unsaturated/α-hetero) is 1. The number of fused-ring (bicyclic) bond motifs is 3. The fourth-order valence-electron chi connectivity index (χ4n) is 2.29. The molecule has 15 heavy (non-hydrogen) atoms. The summed E-state index contributed by atoms with van der Waals surface area (Å²) in [6.07, 6.45) is 2.64. The molecule has 0 unspecified atom stereocenters. The summed E-state index contributed by atoms with van der Waals surface area (Å²) in [7, 11) is 0. The highest BCUT2D eigenvalue weighted by molar-refractivity contribution is 9.10. The van der Waals surface area contributed by atoms with Crippen molar-refractivity contribution in [3.63, 3.8) is 0 Å². The lowest BCUT2D eigenvalue weighted by Gasteiger charge is -2.09. The quantitative estimate of drug-likeness (QED) is 0.776. The first-order valence-corrected chi connectivity index (χ1v) is 5.89. The van der Waals surface area contributed by atoms with E-state index < -0.39 is 0 Å². The standard InChI is InChI=1S/C12H10BrNO/c13-8-4-1-3-7-11-9(14-12(7)8)5-2-6-10(11)15/h1,3-4,14H,2,5-6H2. The second kappa shape index (κ2) is 3.20. The third-order valence-electron chi connectivity index (χ3n) is 2.97. The molecule has 0 saturated heterocycles. The van der Waals surface area contributed by atoms with Crippen molar-refractivity contribution in [2.45, 2.75) is 19.3 Å². The van der Waals surface area contributed by atoms with E-state index in [1.165, 1.54) is 0 Å². The molecule has 0 radical (unpaired) electrons. The summed E-state index contributed by atoms with van der Waals surface area (Å²) in [6.45, 7) is 0. The zero-order chi connectivity index (χ0) is 10.4. The smallest absolute Gasteiger partial charge is 0.165 e. The Hall–Kier alpha value is -1.09. The van der Waals surface area contributed by atoms with Crippen LogP contribution in [0.2, 0.25) is 0 Å². The van der Waals surface area contributed by atoms with Crippen LogP contribution in [0, 0.1) is 0 Å². The van der Waals surface area contributed by atoms with Crippen molar-refractivity contribution < 1.29 is 4.79 Å². The summed E-state index contributed by atoms with van der Waals surface area (Å²) < 4.78 is 1.03. The van der Waals surface area contributed by atoms with Gasteiger partial charge in [-0.3, -0.25) is 4.79 Å². The van der Waals surface area contributed by atoms with Gasteiger partial charge in [0.1, 0.15) is 0 Å². The Labute approximate surface area is 95.8 Å². The predicted molar refractivity (Wildman–Crippen MR) is 63.3 cm³/mol. The molecule has 1 aromatic heterocycles. The molecule has 1 aliphatic carbocycles. The lowest BCUT2D eigenvalue weighted by Crippen LogP contribution is -2.08. The van der Waals surface area contributed by atoms with Gasteiger partial charge in [-0.15, -0.1) is 0 Å². The number of H-pyrrole nitrogens is 1. The summed E-state index contributed by atoms with van der Waals surface area (Å²) in [5.41, 5.74) is 3.07. The molecular weight excluding hydrogens is 254 g/mol. The number of hydrogen-bond acceptors (Lipinski definition) is 1. The topological polar surface area (TPSA) is 32.9 Å². The molecule has 1 heterocycles. The first-order valence-electron chi connectivity index (χ1n) is 5.09. The number of ketones is 1. The molecule has 0 fully saturated rings. The van der Waals surface area contributed by atoms with Gasteiger partial charge in [0.25, 0.3) is 0 Å². The molecule has 2 nitrogen and oxygen atoms in total. The van der Waals surface area contributed by atoms with E-state index in [2.05, 4.69) is 20.9 Å². The van der Waals surface area contributed by atoms with E-state index in [1.54, 1.807) is 0 Å². The molecule has 0 saturated carbocycles. The van der Waals surface area contributed by atoms with Crippen LogP contribution >= 0.6 is 15.9 Å². The van der Waals surface area contributed by atoms with Crippen LogP contribution in [0.15, 0.2) is 22.7 Å². The number of carbonyl (C=O) groups is 1. The average Bonchev–Trinajstić information content (AvgIpc) is 2.59. The first-order chi connectivity index (χ1) is 7.27. The van der Waals surface area contributed by atoms with Crippen LogP contribution in [0.25, 0.3) is 10.9 Å². The van der Waals surface area contributed by atoms with Crippen LogP contribution in [0.1, 0.15) is 28.9 Å². The fraction of sp³-hybridized carbons (Fsp3) is 0.250. The number of para-hydroxylation sites is 1. The van der Waals surface area contributed by atoms with Gasteiger partial charge in [0, 0.05) is 27.5 Å². The monoisotopic (exact) mass is 263 g/mol. The Morgan fingerprint density at radius 1 is 1.27 bits per heavy atom. The largest absolute Gasteiger partial charge is 0.357 e. The van der Waals surface area contributed by atoms with Gasteiger partial charge in [0.2, 0.25) is 0 Å². The maximum Gasteiger partial charge on any atom is 0.165 e. The van der Waals surface area contributed by atoms with Crippen molar-refractivity contribution in [2.75, 3.05) is 0 Å². The Morgan fingerprint density at radius 2 is 2.13 bits per heavy atom. The van der Waals surface area contributed by atoms with Gasteiger partial charge in [0.05, 0.1) is 5.52 Å². The average molecular weight is 264 g/mol. The molecule has 0 spiro atoms. The van der Waals surface area contributed by atoms with Crippen LogP contribution < -0.4 is 0 Å². The zero-order valence-electron chi connectivity index (χ0n) is 8.14. The first kappa shape index (κ1) is 9.16. The van der Waals surface area contributed by atoms with E-state index in [0.717, 1.165) is 39.5 Å². The van der Waals surface area contributed by atoms with Gasteiger partial charge in [-0.1, -0.05) is 12.1 Å². The third-order valence-corrected chi connectivity index (χ3v) is 3.63. The van der Waals surface area contributed by atoms with E-state index in [4.69, 9.17) is 0 Å².